The molecule has 2 rings (SSSR count). The molecule has 1 aromatic carbocycles. The standard InChI is InChI=1S/C15H20N2O/c1-9-6-11(3)13(7-10(9)2)15(18)14-8-16-17(5)12(14)4/h6-8,15,18H,1-5H3. The Bertz CT molecular complexity index is 584. The lowest BCUT2D eigenvalue weighted by Gasteiger charge is -2.16. The maximum atomic E-state index is 10.5. The van der Waals surface area contributed by atoms with Crippen molar-refractivity contribution in [2.45, 2.75) is 33.8 Å². The molecule has 1 atom stereocenters. The van der Waals surface area contributed by atoms with Crippen molar-refractivity contribution in [3.8, 4) is 0 Å². The molecule has 0 saturated heterocycles. The van der Waals surface area contributed by atoms with Gasteiger partial charge in [-0.3, -0.25) is 4.68 Å². The SMILES string of the molecule is Cc1cc(C)c(C(O)c2cnn(C)c2C)cc1C. The van der Waals surface area contributed by atoms with Crippen molar-refractivity contribution in [1.82, 2.24) is 9.78 Å². The number of aliphatic hydroxyl groups excluding tert-OH is 1. The summed E-state index contributed by atoms with van der Waals surface area (Å²) in [5.74, 6) is 0. The van der Waals surface area contributed by atoms with Crippen LogP contribution in [-0.2, 0) is 7.05 Å². The first-order valence-electron chi connectivity index (χ1n) is 6.16. The zero-order valence-corrected chi connectivity index (χ0v) is 11.7. The molecular weight excluding hydrogens is 224 g/mol. The molecule has 0 aliphatic heterocycles. The third-order valence-corrected chi connectivity index (χ3v) is 3.74. The Balaban J connectivity index is 2.49. The molecule has 0 aliphatic carbocycles. The molecule has 1 aromatic heterocycles. The molecule has 1 heterocycles. The van der Waals surface area contributed by atoms with Gasteiger partial charge >= 0.3 is 0 Å². The molecule has 0 aliphatic rings. The third kappa shape index (κ3) is 2.06. The fourth-order valence-electron chi connectivity index (χ4n) is 2.23. The van der Waals surface area contributed by atoms with Crippen LogP contribution in [0.25, 0.3) is 0 Å². The van der Waals surface area contributed by atoms with E-state index in [0.717, 1.165) is 22.4 Å². The van der Waals surface area contributed by atoms with Crippen LogP contribution < -0.4 is 0 Å². The van der Waals surface area contributed by atoms with Gasteiger partial charge in [0.25, 0.3) is 0 Å². The highest BCUT2D eigenvalue weighted by Crippen LogP contribution is 2.28. The van der Waals surface area contributed by atoms with E-state index in [1.54, 1.807) is 10.9 Å². The largest absolute Gasteiger partial charge is 0.384 e. The highest BCUT2D eigenvalue weighted by Gasteiger charge is 2.18. The van der Waals surface area contributed by atoms with Gasteiger partial charge in [-0.2, -0.15) is 5.10 Å². The number of benzene rings is 1. The van der Waals surface area contributed by atoms with Crippen molar-refractivity contribution in [3.05, 3.63) is 51.8 Å². The second kappa shape index (κ2) is 4.58. The highest BCUT2D eigenvalue weighted by atomic mass is 16.3. The summed E-state index contributed by atoms with van der Waals surface area (Å²) in [4.78, 5) is 0. The summed E-state index contributed by atoms with van der Waals surface area (Å²) in [6, 6.07) is 4.20. The predicted octanol–water partition coefficient (Wildman–Crippen LogP) is 2.74. The number of rotatable bonds is 2. The minimum absolute atomic E-state index is 0.599. The Morgan fingerprint density at radius 3 is 2.17 bits per heavy atom. The van der Waals surface area contributed by atoms with Gasteiger partial charge in [-0.25, -0.2) is 0 Å². The normalized spacial score (nSPS) is 12.8. The first kappa shape index (κ1) is 12.8. The number of aromatic nitrogens is 2. The van der Waals surface area contributed by atoms with Crippen LogP contribution in [0, 0.1) is 27.7 Å². The van der Waals surface area contributed by atoms with Gasteiger partial charge < -0.3 is 5.11 Å². The molecule has 0 fully saturated rings. The van der Waals surface area contributed by atoms with Crippen LogP contribution in [0.15, 0.2) is 18.3 Å². The van der Waals surface area contributed by atoms with Gasteiger partial charge in [-0.1, -0.05) is 12.1 Å². The first-order chi connectivity index (χ1) is 8.41. The van der Waals surface area contributed by atoms with Gasteiger partial charge in [0.05, 0.1) is 6.20 Å². The van der Waals surface area contributed by atoms with Crippen molar-refractivity contribution >= 4 is 0 Å². The van der Waals surface area contributed by atoms with E-state index in [-0.39, 0.29) is 0 Å². The molecule has 18 heavy (non-hydrogen) atoms. The predicted molar refractivity (Wildman–Crippen MR) is 72.7 cm³/mol. The van der Waals surface area contributed by atoms with Crippen molar-refractivity contribution in [2.75, 3.05) is 0 Å². The van der Waals surface area contributed by atoms with Crippen LogP contribution in [0.5, 0.6) is 0 Å². The first-order valence-corrected chi connectivity index (χ1v) is 6.16. The van der Waals surface area contributed by atoms with E-state index >= 15 is 0 Å². The van der Waals surface area contributed by atoms with Crippen LogP contribution in [0.4, 0.5) is 0 Å². The number of nitrogens with zero attached hydrogens (tertiary/aromatic N) is 2. The summed E-state index contributed by atoms with van der Waals surface area (Å²) in [5.41, 5.74) is 6.43. The van der Waals surface area contributed by atoms with E-state index < -0.39 is 6.10 Å². The fraction of sp³-hybridized carbons (Fsp3) is 0.400. The van der Waals surface area contributed by atoms with Crippen LogP contribution in [0.3, 0.4) is 0 Å². The minimum atomic E-state index is -0.599. The monoisotopic (exact) mass is 244 g/mol. The Labute approximate surface area is 108 Å². The van der Waals surface area contributed by atoms with Crippen LogP contribution >= 0.6 is 0 Å². The molecule has 0 radical (unpaired) electrons. The lowest BCUT2D eigenvalue weighted by atomic mass is 9.94. The maximum absolute atomic E-state index is 10.5. The van der Waals surface area contributed by atoms with Crippen molar-refractivity contribution in [2.24, 2.45) is 7.05 Å². The topological polar surface area (TPSA) is 38.1 Å². The molecule has 0 amide bonds. The summed E-state index contributed by atoms with van der Waals surface area (Å²) in [6.07, 6.45) is 1.15. The smallest absolute Gasteiger partial charge is 0.108 e. The van der Waals surface area contributed by atoms with E-state index in [0.29, 0.717) is 0 Å². The molecule has 96 valence electrons. The molecular formula is C15H20N2O. The molecule has 0 bridgehead atoms. The second-order valence-corrected chi connectivity index (χ2v) is 5.00. The van der Waals surface area contributed by atoms with Gasteiger partial charge in [0.2, 0.25) is 0 Å². The van der Waals surface area contributed by atoms with Crippen molar-refractivity contribution in [1.29, 1.82) is 0 Å². The Morgan fingerprint density at radius 1 is 1.00 bits per heavy atom. The molecule has 3 nitrogen and oxygen atoms in total. The molecule has 1 N–H and O–H groups in total. The summed E-state index contributed by atoms with van der Waals surface area (Å²) in [6.45, 7) is 8.17. The van der Waals surface area contributed by atoms with Gasteiger partial charge in [0, 0.05) is 18.3 Å². The average Bonchev–Trinajstić information content (AvgIpc) is 2.64. The summed E-state index contributed by atoms with van der Waals surface area (Å²) < 4.78 is 1.79. The van der Waals surface area contributed by atoms with E-state index in [1.165, 1.54) is 11.1 Å². The molecule has 2 aromatic rings. The fourth-order valence-corrected chi connectivity index (χ4v) is 2.23. The van der Waals surface area contributed by atoms with Crippen LogP contribution in [0.2, 0.25) is 0 Å². The summed E-state index contributed by atoms with van der Waals surface area (Å²) in [5, 5.41) is 14.7. The van der Waals surface area contributed by atoms with E-state index in [4.69, 9.17) is 0 Å². The number of hydrogen-bond acceptors (Lipinski definition) is 2. The highest BCUT2D eigenvalue weighted by molar-refractivity contribution is 5.41. The lowest BCUT2D eigenvalue weighted by molar-refractivity contribution is 0.218. The van der Waals surface area contributed by atoms with Crippen LogP contribution in [0.1, 0.15) is 39.6 Å². The Kier molecular flexibility index (Phi) is 3.26. The minimum Gasteiger partial charge on any atom is -0.384 e. The van der Waals surface area contributed by atoms with E-state index in [1.807, 2.05) is 20.9 Å². The zero-order chi connectivity index (χ0) is 13.4. The molecule has 0 spiro atoms. The Hall–Kier alpha value is -1.61. The Morgan fingerprint density at radius 2 is 1.61 bits per heavy atom. The van der Waals surface area contributed by atoms with Crippen molar-refractivity contribution in [3.63, 3.8) is 0 Å². The summed E-state index contributed by atoms with van der Waals surface area (Å²) in [7, 11) is 1.89. The quantitative estimate of drug-likeness (QED) is 0.882. The molecule has 0 saturated carbocycles. The molecule has 1 unspecified atom stereocenters. The van der Waals surface area contributed by atoms with Crippen LogP contribution in [-0.4, -0.2) is 14.9 Å². The third-order valence-electron chi connectivity index (χ3n) is 3.74. The average molecular weight is 244 g/mol. The number of aryl methyl sites for hydroxylation is 4. The number of hydrogen-bond donors (Lipinski definition) is 1. The van der Waals surface area contributed by atoms with Gasteiger partial charge in [0.15, 0.2) is 0 Å². The van der Waals surface area contributed by atoms with Gasteiger partial charge in [-0.05, 0) is 49.9 Å². The van der Waals surface area contributed by atoms with E-state index in [9.17, 15) is 5.11 Å². The lowest BCUT2D eigenvalue weighted by Crippen LogP contribution is -2.05. The van der Waals surface area contributed by atoms with Crippen molar-refractivity contribution < 1.29 is 5.11 Å². The summed E-state index contributed by atoms with van der Waals surface area (Å²) >= 11 is 0. The second-order valence-electron chi connectivity index (χ2n) is 5.00. The molecule has 3 heteroatoms. The van der Waals surface area contributed by atoms with Gasteiger partial charge in [0.1, 0.15) is 6.10 Å². The number of aliphatic hydroxyl groups is 1. The van der Waals surface area contributed by atoms with E-state index in [2.05, 4.69) is 31.1 Å². The maximum Gasteiger partial charge on any atom is 0.108 e. The zero-order valence-electron chi connectivity index (χ0n) is 11.7. The van der Waals surface area contributed by atoms with Gasteiger partial charge in [-0.15, -0.1) is 0 Å².